The Hall–Kier alpha value is -4.72. The Balaban J connectivity index is 2.63. The number of aliphatic hydroxyl groups excluding tert-OH is 5. The van der Waals surface area contributed by atoms with Crippen molar-refractivity contribution in [1.29, 1.82) is 0 Å². The Kier molecular flexibility index (Phi) is 56.8. The molecule has 11 heteroatoms. The van der Waals surface area contributed by atoms with E-state index in [2.05, 4.69) is 172 Å². The molecule has 1 fully saturated rings. The van der Waals surface area contributed by atoms with Gasteiger partial charge in [-0.2, -0.15) is 0 Å². The zero-order valence-electron chi connectivity index (χ0n) is 54.6. The van der Waals surface area contributed by atoms with E-state index in [9.17, 15) is 35.1 Å². The maximum atomic E-state index is 13.5. The van der Waals surface area contributed by atoms with Crippen LogP contribution in [0.3, 0.4) is 0 Å². The second-order valence-electron chi connectivity index (χ2n) is 22.8. The Labute approximate surface area is 529 Å². The molecule has 8 unspecified atom stereocenters. The van der Waals surface area contributed by atoms with Gasteiger partial charge >= 0.3 is 5.97 Å². The SMILES string of the molecule is CC/C=C\C/C=C\C/C=C\C/C=C\C/C=C\C/C=C\CCCCCCCCC(=O)OC1C(OCC(NC(=O)C(O)CCCCC/C=C\C/C=C\C/C=C\C/C=C\C/C=C\C/C=C\CC)C(O)/C=C/CCCCCCCCCCC)OC(CO)C(O)C1O. The molecule has 87 heavy (non-hydrogen) atoms. The third kappa shape index (κ3) is 48.8. The van der Waals surface area contributed by atoms with Crippen LogP contribution in [-0.4, -0.2) is 99.6 Å². The molecule has 0 aliphatic carbocycles. The molecule has 492 valence electrons. The van der Waals surface area contributed by atoms with Crippen molar-refractivity contribution in [3.8, 4) is 0 Å². The summed E-state index contributed by atoms with van der Waals surface area (Å²) in [5, 5.41) is 57.1. The van der Waals surface area contributed by atoms with Crippen LogP contribution in [0.4, 0.5) is 0 Å². The number of carbonyl (C=O) groups is 2. The number of unbranched alkanes of at least 4 members (excludes halogenated alkanes) is 18. The van der Waals surface area contributed by atoms with Crippen molar-refractivity contribution in [3.63, 3.8) is 0 Å². The van der Waals surface area contributed by atoms with Crippen LogP contribution >= 0.6 is 0 Å². The van der Waals surface area contributed by atoms with Crippen molar-refractivity contribution >= 4 is 11.9 Å². The largest absolute Gasteiger partial charge is 0.454 e. The fraction of sp³-hybridized carbons (Fsp3) is 0.632. The summed E-state index contributed by atoms with van der Waals surface area (Å²) in [7, 11) is 0. The minimum absolute atomic E-state index is 0.0928. The number of aliphatic hydroxyl groups is 5. The Morgan fingerprint density at radius 1 is 0.460 bits per heavy atom. The van der Waals surface area contributed by atoms with Crippen LogP contribution in [0.5, 0.6) is 0 Å². The predicted octanol–water partition coefficient (Wildman–Crippen LogP) is 17.5. The molecule has 0 bridgehead atoms. The lowest BCUT2D eigenvalue weighted by atomic mass is 9.99. The van der Waals surface area contributed by atoms with Crippen LogP contribution in [0.15, 0.2) is 158 Å². The fourth-order valence-corrected chi connectivity index (χ4v) is 9.60. The lowest BCUT2D eigenvalue weighted by Gasteiger charge is -2.41. The standard InChI is InChI=1S/C76H123NO10/c1-4-7-10-13-16-19-22-24-26-28-30-32-34-35-36-38-40-42-44-46-49-52-55-58-61-64-71(81)87-74-73(83)72(82)70(65-78)86-76(74)85-66-67(68(79)62-59-56-53-50-47-21-18-15-12-9-6-3)77-75(84)69(80)63-60-57-54-51-48-45-43-41-39-37-33-31-29-27-25-23-20-17-14-11-8-5-2/h7-8,10-11,16-17,19-20,24-27,30-33,35-36,39-42,45,48,59,62,67-70,72-74,76,78-80,82-83H,4-6,9,12-15,18,21-23,28-29,34,37-38,43-44,46-47,49-58,60-61,63-66H2,1-3H3,(H,77,84)/b10-7-,11-8-,19-16-,20-17-,26-24-,27-25-,32-30-,33-31-,36-35-,41-39-,42-40-,48-45-,62-59+. The van der Waals surface area contributed by atoms with Gasteiger partial charge in [0.05, 0.1) is 25.4 Å². The molecule has 0 saturated carbocycles. The number of carbonyl (C=O) groups excluding carboxylic acids is 2. The van der Waals surface area contributed by atoms with E-state index in [0.717, 1.165) is 161 Å². The molecular weight excluding hydrogens is 1090 g/mol. The maximum Gasteiger partial charge on any atom is 0.306 e. The molecule has 1 rings (SSSR count). The minimum Gasteiger partial charge on any atom is -0.454 e. The van der Waals surface area contributed by atoms with Gasteiger partial charge in [0.1, 0.15) is 24.4 Å². The number of allylic oxidation sites excluding steroid dienone is 25. The molecule has 1 heterocycles. The number of esters is 1. The van der Waals surface area contributed by atoms with E-state index < -0.39 is 67.4 Å². The van der Waals surface area contributed by atoms with E-state index in [1.807, 2.05) is 6.08 Å². The van der Waals surface area contributed by atoms with Gasteiger partial charge in [-0.05, 0) is 128 Å². The van der Waals surface area contributed by atoms with Gasteiger partial charge in [-0.15, -0.1) is 0 Å². The van der Waals surface area contributed by atoms with Crippen molar-refractivity contribution in [3.05, 3.63) is 158 Å². The highest BCUT2D eigenvalue weighted by atomic mass is 16.7. The van der Waals surface area contributed by atoms with Crippen LogP contribution in [0.25, 0.3) is 0 Å². The summed E-state index contributed by atoms with van der Waals surface area (Å²) in [6, 6.07) is -1.05. The number of hydrogen-bond donors (Lipinski definition) is 6. The molecule has 1 aliphatic rings. The van der Waals surface area contributed by atoms with E-state index in [0.29, 0.717) is 12.8 Å². The molecule has 0 aromatic carbocycles. The van der Waals surface area contributed by atoms with Crippen molar-refractivity contribution in [2.24, 2.45) is 0 Å². The predicted molar refractivity (Wildman–Crippen MR) is 365 cm³/mol. The first-order valence-electron chi connectivity index (χ1n) is 34.3. The first kappa shape index (κ1) is 80.3. The smallest absolute Gasteiger partial charge is 0.306 e. The Morgan fingerprint density at radius 3 is 1.24 bits per heavy atom. The topological polar surface area (TPSA) is 175 Å². The first-order valence-corrected chi connectivity index (χ1v) is 34.3. The lowest BCUT2D eigenvalue weighted by molar-refractivity contribution is -0.305. The highest BCUT2D eigenvalue weighted by Crippen LogP contribution is 2.26. The van der Waals surface area contributed by atoms with Gasteiger partial charge in [0.15, 0.2) is 12.4 Å². The Morgan fingerprint density at radius 2 is 0.828 bits per heavy atom. The van der Waals surface area contributed by atoms with Crippen LogP contribution in [0, 0.1) is 0 Å². The molecule has 8 atom stereocenters. The van der Waals surface area contributed by atoms with Gasteiger partial charge in [-0.1, -0.05) is 269 Å². The molecule has 6 N–H and O–H groups in total. The molecule has 11 nitrogen and oxygen atoms in total. The number of rotatable bonds is 56. The van der Waals surface area contributed by atoms with Crippen LogP contribution in [0.2, 0.25) is 0 Å². The molecular formula is C76H123NO10. The van der Waals surface area contributed by atoms with Gasteiger partial charge in [-0.25, -0.2) is 0 Å². The molecule has 0 radical (unpaired) electrons. The third-order valence-electron chi connectivity index (χ3n) is 14.9. The average Bonchev–Trinajstić information content (AvgIpc) is 3.12. The first-order chi connectivity index (χ1) is 42.7. The summed E-state index contributed by atoms with van der Waals surface area (Å²) in [4.78, 5) is 26.6. The molecule has 1 aliphatic heterocycles. The van der Waals surface area contributed by atoms with Gasteiger partial charge in [-0.3, -0.25) is 9.59 Å². The lowest BCUT2D eigenvalue weighted by Crippen LogP contribution is -2.61. The summed E-state index contributed by atoms with van der Waals surface area (Å²) in [5.74, 6) is -1.25. The number of nitrogens with one attached hydrogen (secondary N) is 1. The second-order valence-corrected chi connectivity index (χ2v) is 22.8. The van der Waals surface area contributed by atoms with E-state index in [-0.39, 0.29) is 19.4 Å². The van der Waals surface area contributed by atoms with Gasteiger partial charge < -0.3 is 45.1 Å². The van der Waals surface area contributed by atoms with Gasteiger partial charge in [0.2, 0.25) is 5.91 Å². The van der Waals surface area contributed by atoms with Gasteiger partial charge in [0, 0.05) is 6.42 Å². The average molecular weight is 1210 g/mol. The van der Waals surface area contributed by atoms with Gasteiger partial charge in [0.25, 0.3) is 0 Å². The quantitative estimate of drug-likeness (QED) is 0.0195. The third-order valence-corrected chi connectivity index (χ3v) is 14.9. The Bertz CT molecular complexity index is 2020. The molecule has 1 saturated heterocycles. The van der Waals surface area contributed by atoms with E-state index in [1.54, 1.807) is 6.08 Å². The molecule has 0 spiro atoms. The number of ether oxygens (including phenoxy) is 3. The summed E-state index contributed by atoms with van der Waals surface area (Å²) >= 11 is 0. The highest BCUT2D eigenvalue weighted by molar-refractivity contribution is 5.80. The zero-order chi connectivity index (χ0) is 63.1. The van der Waals surface area contributed by atoms with E-state index >= 15 is 0 Å². The van der Waals surface area contributed by atoms with Crippen molar-refractivity contribution in [2.75, 3.05) is 13.2 Å². The normalized spacial score (nSPS) is 19.3. The van der Waals surface area contributed by atoms with E-state index in [4.69, 9.17) is 14.2 Å². The molecule has 1 amide bonds. The second kappa shape index (κ2) is 61.5. The summed E-state index contributed by atoms with van der Waals surface area (Å²) in [6.07, 6.45) is 79.9. The molecule has 0 aromatic rings. The van der Waals surface area contributed by atoms with E-state index in [1.165, 1.54) is 38.5 Å². The summed E-state index contributed by atoms with van der Waals surface area (Å²) in [6.45, 7) is 5.52. The van der Waals surface area contributed by atoms with Crippen LogP contribution in [-0.2, 0) is 23.8 Å². The van der Waals surface area contributed by atoms with Crippen molar-refractivity contribution in [1.82, 2.24) is 5.32 Å². The van der Waals surface area contributed by atoms with Crippen LogP contribution in [0.1, 0.15) is 245 Å². The van der Waals surface area contributed by atoms with Crippen LogP contribution < -0.4 is 5.32 Å². The summed E-state index contributed by atoms with van der Waals surface area (Å²) in [5.41, 5.74) is 0. The maximum absolute atomic E-state index is 13.5. The fourth-order valence-electron chi connectivity index (χ4n) is 9.60. The number of hydrogen-bond acceptors (Lipinski definition) is 10. The minimum atomic E-state index is -1.64. The summed E-state index contributed by atoms with van der Waals surface area (Å²) < 4.78 is 17.6. The number of amides is 1. The monoisotopic (exact) mass is 1210 g/mol. The van der Waals surface area contributed by atoms with Crippen molar-refractivity contribution in [2.45, 2.75) is 294 Å². The zero-order valence-corrected chi connectivity index (χ0v) is 54.6. The van der Waals surface area contributed by atoms with Crippen molar-refractivity contribution < 1.29 is 49.3 Å². The molecule has 0 aromatic heterocycles. The highest BCUT2D eigenvalue weighted by Gasteiger charge is 2.47.